The van der Waals surface area contributed by atoms with Crippen molar-refractivity contribution < 1.29 is 10.2 Å². The van der Waals surface area contributed by atoms with Crippen LogP contribution in [0, 0.1) is 0 Å². The highest BCUT2D eigenvalue weighted by atomic mass is 32.2. The van der Waals surface area contributed by atoms with E-state index >= 15 is 0 Å². The third-order valence-electron chi connectivity index (χ3n) is 0.712. The van der Waals surface area contributed by atoms with Crippen LogP contribution in [0.5, 0.6) is 0 Å². The fraction of sp³-hybridized carbons (Fsp3) is 1.00. The Morgan fingerprint density at radius 3 is 1.30 bits per heavy atom. The number of hydrogen-bond acceptors (Lipinski definition) is 3. The zero-order valence-electron chi connectivity index (χ0n) is 7.22. The molecule has 0 aliphatic heterocycles. The molecule has 0 aliphatic rings. The van der Waals surface area contributed by atoms with E-state index in [-0.39, 0.29) is 13.2 Å². The molecule has 0 heterocycles. The first-order valence-electron chi connectivity index (χ1n) is 3.24. The molecule has 3 heteroatoms. The van der Waals surface area contributed by atoms with E-state index in [4.69, 9.17) is 10.2 Å². The molecular weight excluding hydrogens is 148 g/mol. The van der Waals surface area contributed by atoms with Gasteiger partial charge in [0.2, 0.25) is 0 Å². The van der Waals surface area contributed by atoms with Crippen molar-refractivity contribution in [1.82, 2.24) is 0 Å². The van der Waals surface area contributed by atoms with Gasteiger partial charge in [0, 0.05) is 4.75 Å². The summed E-state index contributed by atoms with van der Waals surface area (Å²) in [4.78, 5) is 0. The maximum atomic E-state index is 7.62. The van der Waals surface area contributed by atoms with E-state index in [0.29, 0.717) is 4.75 Å². The van der Waals surface area contributed by atoms with Gasteiger partial charge in [-0.2, -0.15) is 11.8 Å². The molecule has 10 heavy (non-hydrogen) atoms. The fourth-order valence-corrected chi connectivity index (χ4v) is 0. The van der Waals surface area contributed by atoms with Crippen LogP contribution in [0.1, 0.15) is 20.8 Å². The van der Waals surface area contributed by atoms with E-state index < -0.39 is 0 Å². The zero-order valence-corrected chi connectivity index (χ0v) is 8.03. The van der Waals surface area contributed by atoms with Crippen molar-refractivity contribution in [3.63, 3.8) is 0 Å². The second-order valence-electron chi connectivity index (χ2n) is 2.76. The summed E-state index contributed by atoms with van der Waals surface area (Å²) in [5.41, 5.74) is 0. The van der Waals surface area contributed by atoms with Crippen LogP contribution in [-0.2, 0) is 0 Å². The number of aliphatic hydroxyl groups is 2. The Morgan fingerprint density at radius 2 is 1.30 bits per heavy atom. The van der Waals surface area contributed by atoms with Crippen molar-refractivity contribution in [2.45, 2.75) is 25.5 Å². The number of thioether (sulfide) groups is 1. The van der Waals surface area contributed by atoms with Gasteiger partial charge in [-0.25, -0.2) is 0 Å². The van der Waals surface area contributed by atoms with Crippen molar-refractivity contribution >= 4 is 11.8 Å². The van der Waals surface area contributed by atoms with Gasteiger partial charge >= 0.3 is 0 Å². The summed E-state index contributed by atoms with van der Waals surface area (Å²) in [5.74, 6) is 0. The summed E-state index contributed by atoms with van der Waals surface area (Å²) in [6.45, 7) is 6.37. The van der Waals surface area contributed by atoms with E-state index in [1.807, 2.05) is 11.8 Å². The van der Waals surface area contributed by atoms with E-state index in [0.717, 1.165) is 0 Å². The topological polar surface area (TPSA) is 40.5 Å². The monoisotopic (exact) mass is 166 g/mol. The molecule has 0 aromatic heterocycles. The van der Waals surface area contributed by atoms with Crippen molar-refractivity contribution in [3.8, 4) is 0 Å². The summed E-state index contributed by atoms with van der Waals surface area (Å²) in [7, 11) is 0. The Balaban J connectivity index is 0. The molecule has 0 spiro atoms. The Bertz CT molecular complexity index is 57.1. The van der Waals surface area contributed by atoms with Gasteiger partial charge in [-0.3, -0.25) is 0 Å². The molecule has 0 radical (unpaired) electrons. The maximum absolute atomic E-state index is 7.62. The largest absolute Gasteiger partial charge is 0.394 e. The lowest BCUT2D eigenvalue weighted by molar-refractivity contribution is 0.186. The highest BCUT2D eigenvalue weighted by Gasteiger charge is 2.04. The molecule has 0 aromatic carbocycles. The third-order valence-corrected chi connectivity index (χ3v) is 1.94. The van der Waals surface area contributed by atoms with Gasteiger partial charge in [0.05, 0.1) is 13.2 Å². The van der Waals surface area contributed by atoms with Crippen molar-refractivity contribution in [3.05, 3.63) is 0 Å². The number of rotatable bonds is 1. The lowest BCUT2D eigenvalue weighted by Crippen LogP contribution is -2.04. The van der Waals surface area contributed by atoms with Crippen molar-refractivity contribution in [2.24, 2.45) is 0 Å². The SMILES string of the molecule is CSC(C)(C)C.OCCO. The molecule has 2 nitrogen and oxygen atoms in total. The first-order valence-corrected chi connectivity index (χ1v) is 4.47. The van der Waals surface area contributed by atoms with Gasteiger partial charge in [-0.15, -0.1) is 0 Å². The molecule has 0 fully saturated rings. The molecule has 0 atom stereocenters. The second kappa shape index (κ2) is 7.38. The molecular formula is C7H18O2S. The van der Waals surface area contributed by atoms with Crippen LogP contribution in [-0.4, -0.2) is 34.4 Å². The van der Waals surface area contributed by atoms with E-state index in [1.165, 1.54) is 0 Å². The van der Waals surface area contributed by atoms with Crippen LogP contribution in [0.25, 0.3) is 0 Å². The van der Waals surface area contributed by atoms with E-state index in [2.05, 4.69) is 27.0 Å². The quantitative estimate of drug-likeness (QED) is 0.613. The standard InChI is InChI=1S/C5H12S.C2H6O2/c1-5(2,3)6-4;3-1-2-4/h1-4H3;3-4H,1-2H2. The van der Waals surface area contributed by atoms with E-state index in [9.17, 15) is 0 Å². The van der Waals surface area contributed by atoms with Crippen LogP contribution in [0.2, 0.25) is 0 Å². The van der Waals surface area contributed by atoms with Crippen LogP contribution >= 0.6 is 11.8 Å². The smallest absolute Gasteiger partial charge is 0.0662 e. The minimum atomic E-state index is -0.125. The van der Waals surface area contributed by atoms with Crippen LogP contribution < -0.4 is 0 Å². The molecule has 0 rings (SSSR count). The van der Waals surface area contributed by atoms with Crippen LogP contribution in [0.3, 0.4) is 0 Å². The molecule has 0 aromatic rings. The molecule has 0 bridgehead atoms. The molecule has 2 N–H and O–H groups in total. The molecule has 0 amide bonds. The van der Waals surface area contributed by atoms with Gasteiger partial charge in [-0.05, 0) is 6.26 Å². The number of hydrogen-bond donors (Lipinski definition) is 2. The molecule has 0 saturated heterocycles. The van der Waals surface area contributed by atoms with Crippen LogP contribution in [0.4, 0.5) is 0 Å². The van der Waals surface area contributed by atoms with Gasteiger partial charge in [0.25, 0.3) is 0 Å². The van der Waals surface area contributed by atoms with Crippen molar-refractivity contribution in [1.29, 1.82) is 0 Å². The fourth-order valence-electron chi connectivity index (χ4n) is 0. The molecule has 0 aliphatic carbocycles. The average Bonchev–Trinajstić information content (AvgIpc) is 1.87. The van der Waals surface area contributed by atoms with E-state index in [1.54, 1.807) is 0 Å². The van der Waals surface area contributed by atoms with Gasteiger partial charge < -0.3 is 10.2 Å². The normalized spacial score (nSPS) is 10.2. The summed E-state index contributed by atoms with van der Waals surface area (Å²) in [6, 6.07) is 0. The molecule has 64 valence electrons. The second-order valence-corrected chi connectivity index (χ2v) is 4.40. The average molecular weight is 166 g/mol. The minimum Gasteiger partial charge on any atom is -0.394 e. The third kappa shape index (κ3) is 24.0. The summed E-state index contributed by atoms with van der Waals surface area (Å²) in [5, 5.41) is 15.2. The zero-order chi connectivity index (χ0) is 8.62. The highest BCUT2D eigenvalue weighted by Crippen LogP contribution is 2.18. The predicted octanol–water partition coefficient (Wildman–Crippen LogP) is 1.12. The van der Waals surface area contributed by atoms with Gasteiger partial charge in [-0.1, -0.05) is 20.8 Å². The molecule has 0 unspecified atom stereocenters. The Labute approximate surface area is 67.6 Å². The summed E-state index contributed by atoms with van der Waals surface area (Å²) in [6.07, 6.45) is 2.12. The summed E-state index contributed by atoms with van der Waals surface area (Å²) >= 11 is 1.88. The Hall–Kier alpha value is 0.270. The Morgan fingerprint density at radius 1 is 1.10 bits per heavy atom. The van der Waals surface area contributed by atoms with Crippen molar-refractivity contribution in [2.75, 3.05) is 19.5 Å². The van der Waals surface area contributed by atoms with Gasteiger partial charge in [0.1, 0.15) is 0 Å². The van der Waals surface area contributed by atoms with Gasteiger partial charge in [0.15, 0.2) is 0 Å². The predicted molar refractivity (Wildman–Crippen MR) is 47.4 cm³/mol. The highest BCUT2D eigenvalue weighted by molar-refractivity contribution is 7.99. The Kier molecular flexibility index (Phi) is 9.52. The lowest BCUT2D eigenvalue weighted by atomic mass is 10.3. The van der Waals surface area contributed by atoms with Crippen LogP contribution in [0.15, 0.2) is 0 Å². The lowest BCUT2D eigenvalue weighted by Gasteiger charge is -2.12. The summed E-state index contributed by atoms with van der Waals surface area (Å²) < 4.78 is 0.458. The molecule has 0 saturated carbocycles. The number of aliphatic hydroxyl groups excluding tert-OH is 2. The first-order chi connectivity index (χ1) is 4.47. The minimum absolute atomic E-state index is 0.125. The first kappa shape index (κ1) is 12.9. The maximum Gasteiger partial charge on any atom is 0.0662 e.